The lowest BCUT2D eigenvalue weighted by molar-refractivity contribution is -0.111. The Bertz CT molecular complexity index is 1120. The number of nitrogens with one attached hydrogen (secondary N) is 1. The molecule has 0 aliphatic carbocycles. The standard InChI is InChI=1S/C20H17FN2O4S/c1-2-17(25)22-12-3-4-15(21)13(9-12)14-11-28-20-16(24)10-18(27-19(14)20)23-5-7-26-8-6-23/h2-4,9-11H,1,5-8H2,(H,22,25). The molecule has 0 unspecified atom stereocenters. The van der Waals surface area contributed by atoms with Gasteiger partial charge in [-0.1, -0.05) is 6.58 Å². The molecule has 3 heterocycles. The number of hydrogen-bond donors (Lipinski definition) is 1. The summed E-state index contributed by atoms with van der Waals surface area (Å²) >= 11 is 1.20. The summed E-state index contributed by atoms with van der Waals surface area (Å²) in [5.74, 6) is -0.429. The normalized spacial score (nSPS) is 14.2. The number of amides is 1. The third-order valence-electron chi connectivity index (χ3n) is 4.46. The summed E-state index contributed by atoms with van der Waals surface area (Å²) < 4.78 is 26.3. The molecule has 3 aromatic rings. The third-order valence-corrected chi connectivity index (χ3v) is 5.44. The Balaban J connectivity index is 1.81. The molecule has 8 heteroatoms. The van der Waals surface area contributed by atoms with E-state index in [-0.39, 0.29) is 11.0 Å². The third kappa shape index (κ3) is 3.44. The van der Waals surface area contributed by atoms with Crippen LogP contribution < -0.4 is 15.6 Å². The second-order valence-corrected chi connectivity index (χ2v) is 7.12. The van der Waals surface area contributed by atoms with Crippen molar-refractivity contribution >= 4 is 39.1 Å². The minimum atomic E-state index is -0.476. The quantitative estimate of drug-likeness (QED) is 0.678. The highest BCUT2D eigenvalue weighted by molar-refractivity contribution is 7.17. The molecule has 1 amide bonds. The molecule has 1 fully saturated rings. The van der Waals surface area contributed by atoms with Gasteiger partial charge in [-0.05, 0) is 24.3 Å². The van der Waals surface area contributed by atoms with Crippen LogP contribution in [0.25, 0.3) is 21.4 Å². The van der Waals surface area contributed by atoms with Crippen molar-refractivity contribution in [2.45, 2.75) is 0 Å². The Morgan fingerprint density at radius 3 is 2.79 bits per heavy atom. The van der Waals surface area contributed by atoms with Crippen LogP contribution in [0.3, 0.4) is 0 Å². The molecule has 1 aliphatic rings. The number of nitrogens with zero attached hydrogens (tertiary/aromatic N) is 1. The van der Waals surface area contributed by atoms with Crippen LogP contribution in [0.2, 0.25) is 0 Å². The van der Waals surface area contributed by atoms with E-state index >= 15 is 0 Å². The van der Waals surface area contributed by atoms with E-state index in [0.29, 0.717) is 53.7 Å². The molecule has 0 atom stereocenters. The van der Waals surface area contributed by atoms with Gasteiger partial charge < -0.3 is 19.4 Å². The van der Waals surface area contributed by atoms with Crippen LogP contribution in [-0.2, 0) is 9.53 Å². The van der Waals surface area contributed by atoms with E-state index in [1.165, 1.54) is 35.6 Å². The van der Waals surface area contributed by atoms with E-state index < -0.39 is 11.7 Å². The molecule has 144 valence electrons. The van der Waals surface area contributed by atoms with Crippen molar-refractivity contribution in [2.75, 3.05) is 36.5 Å². The van der Waals surface area contributed by atoms with Crippen LogP contribution >= 0.6 is 11.3 Å². The summed E-state index contributed by atoms with van der Waals surface area (Å²) in [6.07, 6.45) is 1.14. The Hall–Kier alpha value is -2.97. The van der Waals surface area contributed by atoms with Gasteiger partial charge in [-0.2, -0.15) is 0 Å². The maximum atomic E-state index is 14.6. The largest absolute Gasteiger partial charge is 0.439 e. The van der Waals surface area contributed by atoms with Crippen LogP contribution in [0, 0.1) is 5.82 Å². The van der Waals surface area contributed by atoms with Gasteiger partial charge in [-0.15, -0.1) is 11.3 Å². The van der Waals surface area contributed by atoms with Gasteiger partial charge in [0.15, 0.2) is 11.5 Å². The van der Waals surface area contributed by atoms with E-state index in [4.69, 9.17) is 9.15 Å². The predicted octanol–water partition coefficient (Wildman–Crippen LogP) is 3.62. The lowest BCUT2D eigenvalue weighted by Crippen LogP contribution is -2.36. The van der Waals surface area contributed by atoms with E-state index in [9.17, 15) is 14.0 Å². The Morgan fingerprint density at radius 2 is 2.04 bits per heavy atom. The zero-order chi connectivity index (χ0) is 19.7. The fraction of sp³-hybridized carbons (Fsp3) is 0.200. The fourth-order valence-electron chi connectivity index (χ4n) is 3.06. The van der Waals surface area contributed by atoms with Crippen LogP contribution in [0.1, 0.15) is 0 Å². The maximum absolute atomic E-state index is 14.6. The monoisotopic (exact) mass is 400 g/mol. The molecular formula is C20H17FN2O4S. The zero-order valence-electron chi connectivity index (χ0n) is 14.9. The number of thiophene rings is 1. The van der Waals surface area contributed by atoms with Gasteiger partial charge in [0, 0.05) is 41.4 Å². The summed E-state index contributed by atoms with van der Waals surface area (Å²) in [7, 11) is 0. The van der Waals surface area contributed by atoms with Crippen LogP contribution in [-0.4, -0.2) is 32.2 Å². The Morgan fingerprint density at radius 1 is 1.25 bits per heavy atom. The summed E-state index contributed by atoms with van der Waals surface area (Å²) in [6, 6.07) is 5.70. The molecular weight excluding hydrogens is 383 g/mol. The number of morpholine rings is 1. The van der Waals surface area contributed by atoms with Crippen LogP contribution in [0.15, 0.2) is 51.5 Å². The molecule has 1 aliphatic heterocycles. The molecule has 4 rings (SSSR count). The average Bonchev–Trinajstić information content (AvgIpc) is 3.14. The van der Waals surface area contributed by atoms with Crippen LogP contribution in [0.5, 0.6) is 0 Å². The zero-order valence-corrected chi connectivity index (χ0v) is 15.7. The molecule has 6 nitrogen and oxygen atoms in total. The fourth-order valence-corrected chi connectivity index (χ4v) is 3.96. The van der Waals surface area contributed by atoms with Gasteiger partial charge in [0.05, 0.1) is 13.2 Å². The van der Waals surface area contributed by atoms with E-state index in [2.05, 4.69) is 11.9 Å². The minimum absolute atomic E-state index is 0.171. The summed E-state index contributed by atoms with van der Waals surface area (Å²) in [6.45, 7) is 5.74. The van der Waals surface area contributed by atoms with Gasteiger partial charge in [0.2, 0.25) is 11.3 Å². The molecule has 1 saturated heterocycles. The first-order valence-corrected chi connectivity index (χ1v) is 9.56. The first-order valence-electron chi connectivity index (χ1n) is 8.68. The lowest BCUT2D eigenvalue weighted by atomic mass is 10.1. The number of benzene rings is 1. The molecule has 0 radical (unpaired) electrons. The van der Waals surface area contributed by atoms with Gasteiger partial charge in [0.1, 0.15) is 10.5 Å². The highest BCUT2D eigenvalue weighted by Crippen LogP contribution is 2.36. The van der Waals surface area contributed by atoms with Gasteiger partial charge in [-0.3, -0.25) is 9.59 Å². The highest BCUT2D eigenvalue weighted by atomic mass is 32.1. The van der Waals surface area contributed by atoms with Crippen molar-refractivity contribution in [3.8, 4) is 11.1 Å². The number of hydrogen-bond acceptors (Lipinski definition) is 6. The van der Waals surface area contributed by atoms with Crippen LogP contribution in [0.4, 0.5) is 16.0 Å². The molecule has 0 saturated carbocycles. The smallest absolute Gasteiger partial charge is 0.247 e. The second kappa shape index (κ2) is 7.57. The van der Waals surface area contributed by atoms with Crippen molar-refractivity contribution in [3.63, 3.8) is 0 Å². The van der Waals surface area contributed by atoms with Crippen molar-refractivity contribution in [1.29, 1.82) is 0 Å². The van der Waals surface area contributed by atoms with Crippen molar-refractivity contribution in [3.05, 3.63) is 58.3 Å². The summed E-state index contributed by atoms with van der Waals surface area (Å²) in [4.78, 5) is 26.0. The number of anilines is 2. The number of rotatable bonds is 4. The first-order chi connectivity index (χ1) is 13.6. The van der Waals surface area contributed by atoms with Gasteiger partial charge in [-0.25, -0.2) is 4.39 Å². The van der Waals surface area contributed by atoms with Gasteiger partial charge in [0.25, 0.3) is 0 Å². The number of fused-ring (bicyclic) bond motifs is 1. The van der Waals surface area contributed by atoms with Gasteiger partial charge >= 0.3 is 0 Å². The number of halogens is 1. The Kier molecular flexibility index (Phi) is 4.97. The lowest BCUT2D eigenvalue weighted by Gasteiger charge is -2.27. The number of carbonyl (C=O) groups excluding carboxylic acids is 1. The molecule has 2 aromatic heterocycles. The SMILES string of the molecule is C=CC(=O)Nc1ccc(F)c(-c2csc3c(=O)cc(N4CCOCC4)oc23)c1. The number of carbonyl (C=O) groups is 1. The molecule has 0 spiro atoms. The predicted molar refractivity (Wildman–Crippen MR) is 108 cm³/mol. The first kappa shape index (κ1) is 18.4. The maximum Gasteiger partial charge on any atom is 0.247 e. The van der Waals surface area contributed by atoms with Crippen molar-refractivity contribution in [2.24, 2.45) is 0 Å². The average molecular weight is 400 g/mol. The molecule has 28 heavy (non-hydrogen) atoms. The van der Waals surface area contributed by atoms with Crippen molar-refractivity contribution < 1.29 is 18.3 Å². The molecule has 1 N–H and O–H groups in total. The van der Waals surface area contributed by atoms with E-state index in [1.54, 1.807) is 5.38 Å². The van der Waals surface area contributed by atoms with E-state index in [0.717, 1.165) is 6.08 Å². The second-order valence-electron chi connectivity index (χ2n) is 6.24. The summed E-state index contributed by atoms with van der Waals surface area (Å²) in [5, 5.41) is 4.30. The number of ether oxygens (including phenoxy) is 1. The topological polar surface area (TPSA) is 71.8 Å². The van der Waals surface area contributed by atoms with E-state index in [1.807, 2.05) is 4.90 Å². The molecule has 1 aromatic carbocycles. The minimum Gasteiger partial charge on any atom is -0.439 e. The highest BCUT2D eigenvalue weighted by Gasteiger charge is 2.20. The van der Waals surface area contributed by atoms with Crippen molar-refractivity contribution in [1.82, 2.24) is 0 Å². The Labute approximate surface area is 163 Å². The molecule has 0 bridgehead atoms. The summed E-state index contributed by atoms with van der Waals surface area (Å²) in [5.41, 5.74) is 1.31.